The van der Waals surface area contributed by atoms with Gasteiger partial charge in [-0.25, -0.2) is 4.79 Å². The lowest BCUT2D eigenvalue weighted by atomic mass is 9.87. The average Bonchev–Trinajstić information content (AvgIpc) is 3.07. The summed E-state index contributed by atoms with van der Waals surface area (Å²) in [5, 5.41) is 20.1. The van der Waals surface area contributed by atoms with Gasteiger partial charge < -0.3 is 14.1 Å². The second kappa shape index (κ2) is 8.05. The first-order valence-electron chi connectivity index (χ1n) is 9.72. The van der Waals surface area contributed by atoms with Gasteiger partial charge in [0.05, 0.1) is 5.02 Å². The summed E-state index contributed by atoms with van der Waals surface area (Å²) in [5.41, 5.74) is 2.89. The summed E-state index contributed by atoms with van der Waals surface area (Å²) >= 11 is 7.51. The van der Waals surface area contributed by atoms with Gasteiger partial charge in [-0.2, -0.15) is 0 Å². The summed E-state index contributed by atoms with van der Waals surface area (Å²) in [6.45, 7) is 6.55. The predicted octanol–water partition coefficient (Wildman–Crippen LogP) is 5.54. The topological polar surface area (TPSA) is 81.2 Å². The van der Waals surface area contributed by atoms with E-state index in [4.69, 9.17) is 16.0 Å². The number of nitrogens with zero attached hydrogens (tertiary/aromatic N) is 3. The van der Waals surface area contributed by atoms with Crippen LogP contribution in [0.4, 0.5) is 0 Å². The highest BCUT2D eigenvalue weighted by atomic mass is 35.5. The van der Waals surface area contributed by atoms with Crippen LogP contribution in [0.25, 0.3) is 22.4 Å². The highest BCUT2D eigenvalue weighted by molar-refractivity contribution is 7.98. The molecule has 0 radical (unpaired) electrons. The van der Waals surface area contributed by atoms with Crippen LogP contribution in [0.1, 0.15) is 31.9 Å². The zero-order valence-electron chi connectivity index (χ0n) is 17.6. The molecule has 0 aliphatic rings. The number of thioether (sulfide) groups is 1. The van der Waals surface area contributed by atoms with E-state index in [0.29, 0.717) is 16.7 Å². The Hall–Kier alpha value is -2.77. The summed E-state index contributed by atoms with van der Waals surface area (Å²) in [7, 11) is 1.92. The Bertz CT molecular complexity index is 1320. The molecule has 0 fully saturated rings. The van der Waals surface area contributed by atoms with Crippen LogP contribution in [0.15, 0.2) is 56.8 Å². The summed E-state index contributed by atoms with van der Waals surface area (Å²) in [5.74, 6) is 1.11. The number of halogens is 1. The maximum absolute atomic E-state index is 11.9. The lowest BCUT2D eigenvalue weighted by molar-refractivity contribution is 0.473. The quantitative estimate of drug-likeness (QED) is 0.321. The van der Waals surface area contributed by atoms with Gasteiger partial charge in [0.1, 0.15) is 11.3 Å². The van der Waals surface area contributed by atoms with E-state index in [1.54, 1.807) is 6.07 Å². The minimum atomic E-state index is -0.484. The van der Waals surface area contributed by atoms with Crippen molar-refractivity contribution in [2.75, 3.05) is 0 Å². The van der Waals surface area contributed by atoms with E-state index >= 15 is 0 Å². The monoisotopic (exact) mass is 455 g/mol. The van der Waals surface area contributed by atoms with Gasteiger partial charge in [-0.05, 0) is 22.6 Å². The van der Waals surface area contributed by atoms with Gasteiger partial charge in [0.2, 0.25) is 0 Å². The molecule has 4 aromatic rings. The lowest BCUT2D eigenvalue weighted by Crippen LogP contribution is -2.10. The van der Waals surface area contributed by atoms with Crippen LogP contribution in [0.5, 0.6) is 5.75 Å². The predicted molar refractivity (Wildman–Crippen MR) is 124 cm³/mol. The van der Waals surface area contributed by atoms with Crippen LogP contribution < -0.4 is 5.63 Å². The molecule has 0 aliphatic heterocycles. The SMILES string of the molecule is Cn1c(SCc2cc(=O)oc3cc(O)c(Cl)cc23)nnc1-c1ccc(C(C)(C)C)cc1. The Morgan fingerprint density at radius 2 is 1.84 bits per heavy atom. The molecule has 0 unspecified atom stereocenters. The van der Waals surface area contributed by atoms with Crippen molar-refractivity contribution < 1.29 is 9.52 Å². The van der Waals surface area contributed by atoms with Gasteiger partial charge in [-0.3, -0.25) is 0 Å². The number of phenols is 1. The Labute approximate surface area is 188 Å². The number of phenolic OH excluding ortho intramolecular Hbond substituents is 1. The molecule has 2 heterocycles. The summed E-state index contributed by atoms with van der Waals surface area (Å²) in [6, 6.07) is 12.7. The Balaban J connectivity index is 1.60. The van der Waals surface area contributed by atoms with Crippen LogP contribution in [0, 0.1) is 0 Å². The Kier molecular flexibility index (Phi) is 5.58. The molecule has 0 amide bonds. The maximum atomic E-state index is 11.9. The van der Waals surface area contributed by atoms with Crippen molar-refractivity contribution in [3.05, 3.63) is 69.0 Å². The van der Waals surface area contributed by atoms with E-state index < -0.39 is 5.63 Å². The van der Waals surface area contributed by atoms with Crippen LogP contribution in [-0.4, -0.2) is 19.9 Å². The molecule has 0 saturated carbocycles. The zero-order chi connectivity index (χ0) is 22.3. The van der Waals surface area contributed by atoms with E-state index in [1.165, 1.54) is 29.5 Å². The third-order valence-corrected chi connectivity index (χ3v) is 6.47. The van der Waals surface area contributed by atoms with E-state index in [0.717, 1.165) is 22.1 Å². The molecule has 1 N–H and O–H groups in total. The van der Waals surface area contributed by atoms with Crippen molar-refractivity contribution in [2.24, 2.45) is 7.05 Å². The van der Waals surface area contributed by atoms with Gasteiger partial charge in [0.25, 0.3) is 0 Å². The van der Waals surface area contributed by atoms with Crippen molar-refractivity contribution >= 4 is 34.3 Å². The normalized spacial score (nSPS) is 11.9. The number of hydrogen-bond acceptors (Lipinski definition) is 6. The molecule has 0 spiro atoms. The highest BCUT2D eigenvalue weighted by Crippen LogP contribution is 2.33. The van der Waals surface area contributed by atoms with E-state index in [-0.39, 0.29) is 16.2 Å². The smallest absolute Gasteiger partial charge is 0.336 e. The molecule has 4 rings (SSSR count). The second-order valence-electron chi connectivity index (χ2n) is 8.37. The first kappa shape index (κ1) is 21.5. The molecule has 0 saturated heterocycles. The van der Waals surface area contributed by atoms with E-state index in [1.807, 2.05) is 11.6 Å². The van der Waals surface area contributed by atoms with Crippen molar-refractivity contribution in [2.45, 2.75) is 37.1 Å². The molecule has 0 bridgehead atoms. The number of rotatable bonds is 4. The standard InChI is InChI=1S/C23H22ClN3O3S/c1-23(2,3)15-7-5-13(6-8-15)21-25-26-22(27(21)4)31-12-14-9-20(29)30-19-11-18(28)17(24)10-16(14)19/h5-11,28H,12H2,1-4H3. The largest absolute Gasteiger partial charge is 0.506 e. The number of aromatic hydroxyl groups is 1. The van der Waals surface area contributed by atoms with Gasteiger partial charge in [-0.15, -0.1) is 10.2 Å². The van der Waals surface area contributed by atoms with Gasteiger partial charge in [0.15, 0.2) is 11.0 Å². The third kappa shape index (κ3) is 4.34. The molecule has 0 aliphatic carbocycles. The van der Waals surface area contributed by atoms with Crippen molar-refractivity contribution in [1.29, 1.82) is 0 Å². The molecule has 160 valence electrons. The minimum Gasteiger partial charge on any atom is -0.506 e. The summed E-state index contributed by atoms with van der Waals surface area (Å²) < 4.78 is 7.13. The zero-order valence-corrected chi connectivity index (χ0v) is 19.2. The fourth-order valence-electron chi connectivity index (χ4n) is 3.31. The van der Waals surface area contributed by atoms with Crippen LogP contribution in [-0.2, 0) is 18.2 Å². The number of benzene rings is 2. The van der Waals surface area contributed by atoms with Crippen molar-refractivity contribution in [3.63, 3.8) is 0 Å². The molecule has 31 heavy (non-hydrogen) atoms. The summed E-state index contributed by atoms with van der Waals surface area (Å²) in [4.78, 5) is 11.9. The van der Waals surface area contributed by atoms with E-state index in [9.17, 15) is 9.90 Å². The molecule has 8 heteroatoms. The average molecular weight is 456 g/mol. The fraction of sp³-hybridized carbons (Fsp3) is 0.261. The van der Waals surface area contributed by atoms with Gasteiger partial charge >= 0.3 is 5.63 Å². The first-order chi connectivity index (χ1) is 14.6. The van der Waals surface area contributed by atoms with Gasteiger partial charge in [-0.1, -0.05) is 68.4 Å². The van der Waals surface area contributed by atoms with Crippen molar-refractivity contribution in [3.8, 4) is 17.1 Å². The van der Waals surface area contributed by atoms with E-state index in [2.05, 4.69) is 55.2 Å². The lowest BCUT2D eigenvalue weighted by Gasteiger charge is -2.19. The molecule has 0 atom stereocenters. The number of fused-ring (bicyclic) bond motifs is 1. The number of hydrogen-bond donors (Lipinski definition) is 1. The van der Waals surface area contributed by atoms with Gasteiger partial charge in [0, 0.05) is 35.9 Å². The highest BCUT2D eigenvalue weighted by Gasteiger charge is 2.16. The molecular weight excluding hydrogens is 434 g/mol. The van der Waals surface area contributed by atoms with Crippen molar-refractivity contribution in [1.82, 2.24) is 14.8 Å². The van der Waals surface area contributed by atoms with Crippen LogP contribution in [0.2, 0.25) is 5.02 Å². The molecule has 2 aromatic heterocycles. The maximum Gasteiger partial charge on any atom is 0.336 e. The first-order valence-corrected chi connectivity index (χ1v) is 11.1. The minimum absolute atomic E-state index is 0.0876. The fourth-order valence-corrected chi connectivity index (χ4v) is 4.37. The Morgan fingerprint density at radius 1 is 1.13 bits per heavy atom. The number of aromatic nitrogens is 3. The second-order valence-corrected chi connectivity index (χ2v) is 9.72. The van der Waals surface area contributed by atoms with Crippen LogP contribution in [0.3, 0.4) is 0 Å². The Morgan fingerprint density at radius 3 is 2.52 bits per heavy atom. The van der Waals surface area contributed by atoms with Crippen LogP contribution >= 0.6 is 23.4 Å². The molecule has 2 aromatic carbocycles. The molecular formula is C23H22ClN3O3S. The third-order valence-electron chi connectivity index (χ3n) is 5.10. The molecule has 6 nitrogen and oxygen atoms in total. The summed E-state index contributed by atoms with van der Waals surface area (Å²) in [6.07, 6.45) is 0.